The van der Waals surface area contributed by atoms with Gasteiger partial charge in [-0.2, -0.15) is 5.26 Å². The van der Waals surface area contributed by atoms with Crippen molar-refractivity contribution in [3.63, 3.8) is 0 Å². The van der Waals surface area contributed by atoms with Gasteiger partial charge >= 0.3 is 0 Å². The third-order valence-electron chi connectivity index (χ3n) is 3.86. The van der Waals surface area contributed by atoms with Crippen LogP contribution in [0.1, 0.15) is 37.7 Å². The summed E-state index contributed by atoms with van der Waals surface area (Å²) in [5, 5.41) is 8.75. The first kappa shape index (κ1) is 14.7. The van der Waals surface area contributed by atoms with Crippen molar-refractivity contribution in [2.24, 2.45) is 5.92 Å². The quantitative estimate of drug-likeness (QED) is 0.764. The Morgan fingerprint density at radius 2 is 2.25 bits per heavy atom. The van der Waals surface area contributed by atoms with Crippen LogP contribution in [0.2, 0.25) is 0 Å². The Balaban J connectivity index is 1.92. The van der Waals surface area contributed by atoms with Crippen LogP contribution in [0.15, 0.2) is 24.5 Å². The lowest BCUT2D eigenvalue weighted by molar-refractivity contribution is -0.124. The topological polar surface area (TPSA) is 57.0 Å². The van der Waals surface area contributed by atoms with Gasteiger partial charge in [-0.1, -0.05) is 18.9 Å². The van der Waals surface area contributed by atoms with Crippen LogP contribution in [0.25, 0.3) is 0 Å². The summed E-state index contributed by atoms with van der Waals surface area (Å²) in [6.07, 6.45) is 8.45. The molecule has 2 rings (SSSR count). The van der Waals surface area contributed by atoms with Gasteiger partial charge in [-0.05, 0) is 24.5 Å². The summed E-state index contributed by atoms with van der Waals surface area (Å²) >= 11 is 0. The van der Waals surface area contributed by atoms with Gasteiger partial charge in [0.05, 0.1) is 12.6 Å². The molecule has 1 aromatic heterocycles. The number of carbonyl (C=O) groups is 1. The Bertz CT molecular complexity index is 460. The van der Waals surface area contributed by atoms with Crippen molar-refractivity contribution < 1.29 is 4.79 Å². The van der Waals surface area contributed by atoms with E-state index < -0.39 is 0 Å². The van der Waals surface area contributed by atoms with Crippen LogP contribution in [0.4, 0.5) is 0 Å². The zero-order valence-corrected chi connectivity index (χ0v) is 11.8. The second kappa shape index (κ2) is 7.76. The lowest BCUT2D eigenvalue weighted by Gasteiger charge is -2.22. The van der Waals surface area contributed by atoms with Gasteiger partial charge in [0.25, 0.3) is 0 Å². The number of Topliss-reactive ketones (excluding diaryl/α,β-unsaturated/α-hetero) is 1. The number of nitriles is 1. The lowest BCUT2D eigenvalue weighted by atomic mass is 10.0. The number of rotatable bonds is 7. The van der Waals surface area contributed by atoms with Crippen LogP contribution in [0.5, 0.6) is 0 Å². The first-order chi connectivity index (χ1) is 9.79. The Hall–Kier alpha value is -1.73. The van der Waals surface area contributed by atoms with E-state index in [0.29, 0.717) is 31.8 Å². The van der Waals surface area contributed by atoms with Crippen LogP contribution in [-0.2, 0) is 11.3 Å². The van der Waals surface area contributed by atoms with Crippen molar-refractivity contribution in [1.82, 2.24) is 9.88 Å². The fraction of sp³-hybridized carbons (Fsp3) is 0.562. The average Bonchev–Trinajstić information content (AvgIpc) is 3.00. The fourth-order valence-corrected chi connectivity index (χ4v) is 2.77. The molecule has 20 heavy (non-hydrogen) atoms. The molecule has 0 spiro atoms. The van der Waals surface area contributed by atoms with Crippen molar-refractivity contribution in [2.45, 2.75) is 38.6 Å². The van der Waals surface area contributed by atoms with Gasteiger partial charge < -0.3 is 0 Å². The molecule has 0 amide bonds. The number of hydrogen-bond acceptors (Lipinski definition) is 4. The molecule has 1 aromatic rings. The van der Waals surface area contributed by atoms with E-state index in [1.54, 1.807) is 6.20 Å². The largest absolute Gasteiger partial charge is 0.298 e. The number of pyridine rings is 1. The van der Waals surface area contributed by atoms with Crippen LogP contribution in [0, 0.1) is 17.2 Å². The Morgan fingerprint density at radius 1 is 1.45 bits per heavy atom. The molecule has 0 saturated heterocycles. The predicted molar refractivity (Wildman–Crippen MR) is 76.7 cm³/mol. The average molecular weight is 271 g/mol. The van der Waals surface area contributed by atoms with Gasteiger partial charge in [-0.15, -0.1) is 0 Å². The summed E-state index contributed by atoms with van der Waals surface area (Å²) in [6.45, 7) is 1.79. The minimum atomic E-state index is 0.244. The molecule has 0 aromatic carbocycles. The van der Waals surface area contributed by atoms with Crippen molar-refractivity contribution in [3.05, 3.63) is 30.1 Å². The highest BCUT2D eigenvalue weighted by atomic mass is 16.1. The minimum absolute atomic E-state index is 0.244. The molecular formula is C16H21N3O. The van der Waals surface area contributed by atoms with Crippen LogP contribution >= 0.6 is 0 Å². The van der Waals surface area contributed by atoms with Gasteiger partial charge in [-0.3, -0.25) is 14.7 Å². The summed E-state index contributed by atoms with van der Waals surface area (Å²) in [6, 6.07) is 6.06. The van der Waals surface area contributed by atoms with Crippen LogP contribution < -0.4 is 0 Å². The highest BCUT2D eigenvalue weighted by molar-refractivity contribution is 5.83. The second-order valence-electron chi connectivity index (χ2n) is 5.43. The van der Waals surface area contributed by atoms with E-state index >= 15 is 0 Å². The summed E-state index contributed by atoms with van der Waals surface area (Å²) in [7, 11) is 0. The summed E-state index contributed by atoms with van der Waals surface area (Å²) in [4.78, 5) is 18.4. The summed E-state index contributed by atoms with van der Waals surface area (Å²) in [5.41, 5.74) is 1.09. The van der Waals surface area contributed by atoms with Gasteiger partial charge in [0.1, 0.15) is 5.78 Å². The van der Waals surface area contributed by atoms with Gasteiger partial charge in [0.15, 0.2) is 0 Å². The highest BCUT2D eigenvalue weighted by Crippen LogP contribution is 2.25. The Morgan fingerprint density at radius 3 is 2.90 bits per heavy atom. The van der Waals surface area contributed by atoms with E-state index in [1.807, 2.05) is 18.3 Å². The van der Waals surface area contributed by atoms with Gasteiger partial charge in [-0.25, -0.2) is 0 Å². The summed E-state index contributed by atoms with van der Waals surface area (Å²) < 4.78 is 0. The lowest BCUT2D eigenvalue weighted by Crippen LogP contribution is -2.33. The molecule has 1 aliphatic rings. The molecule has 0 atom stereocenters. The summed E-state index contributed by atoms with van der Waals surface area (Å²) in [5.74, 6) is 0.581. The smallest absolute Gasteiger partial charge is 0.149 e. The number of hydrogen-bond donors (Lipinski definition) is 0. The van der Waals surface area contributed by atoms with E-state index in [9.17, 15) is 4.79 Å². The first-order valence-electron chi connectivity index (χ1n) is 7.30. The van der Waals surface area contributed by atoms with Crippen LogP contribution in [-0.4, -0.2) is 28.8 Å². The molecule has 4 heteroatoms. The van der Waals surface area contributed by atoms with E-state index in [4.69, 9.17) is 5.26 Å². The first-order valence-corrected chi connectivity index (χ1v) is 7.30. The highest BCUT2D eigenvalue weighted by Gasteiger charge is 2.24. The Labute approximate surface area is 120 Å². The molecule has 1 aliphatic carbocycles. The van der Waals surface area contributed by atoms with Crippen molar-refractivity contribution in [3.8, 4) is 6.07 Å². The maximum absolute atomic E-state index is 12.3. The number of aromatic nitrogens is 1. The van der Waals surface area contributed by atoms with E-state index in [2.05, 4.69) is 16.0 Å². The van der Waals surface area contributed by atoms with E-state index in [-0.39, 0.29) is 5.92 Å². The zero-order valence-electron chi connectivity index (χ0n) is 11.8. The fourth-order valence-electron chi connectivity index (χ4n) is 2.77. The van der Waals surface area contributed by atoms with E-state index in [0.717, 1.165) is 18.4 Å². The molecule has 0 unspecified atom stereocenters. The normalized spacial score (nSPS) is 15.4. The maximum atomic E-state index is 12.3. The monoisotopic (exact) mass is 271 g/mol. The minimum Gasteiger partial charge on any atom is -0.298 e. The molecule has 1 heterocycles. The molecule has 0 aliphatic heterocycles. The molecule has 0 radical (unpaired) electrons. The van der Waals surface area contributed by atoms with Crippen molar-refractivity contribution in [1.29, 1.82) is 5.26 Å². The molecular weight excluding hydrogens is 250 g/mol. The molecule has 4 nitrogen and oxygen atoms in total. The maximum Gasteiger partial charge on any atom is 0.149 e. The number of carbonyl (C=O) groups excluding carboxylic acids is 1. The number of ketones is 1. The molecule has 0 N–H and O–H groups in total. The molecule has 1 saturated carbocycles. The molecule has 106 valence electrons. The van der Waals surface area contributed by atoms with Crippen molar-refractivity contribution >= 4 is 5.78 Å². The molecule has 1 fully saturated rings. The standard InChI is InChI=1S/C16H21N3O/c17-8-4-10-19(12-14-5-3-9-18-11-14)13-16(20)15-6-1-2-7-15/h3,5,9,11,15H,1-2,4,6-7,10,12-13H2. The van der Waals surface area contributed by atoms with Gasteiger partial charge in [0.2, 0.25) is 0 Å². The van der Waals surface area contributed by atoms with Crippen molar-refractivity contribution in [2.75, 3.05) is 13.1 Å². The molecule has 0 bridgehead atoms. The SMILES string of the molecule is N#CCCN(CC(=O)C1CCCC1)Cc1cccnc1. The third kappa shape index (κ3) is 4.43. The predicted octanol–water partition coefficient (Wildman–Crippen LogP) is 2.56. The second-order valence-corrected chi connectivity index (χ2v) is 5.43. The third-order valence-corrected chi connectivity index (χ3v) is 3.86. The zero-order chi connectivity index (χ0) is 14.2. The number of nitrogens with zero attached hydrogens (tertiary/aromatic N) is 3. The Kier molecular flexibility index (Phi) is 5.69. The van der Waals surface area contributed by atoms with Crippen LogP contribution in [0.3, 0.4) is 0 Å². The van der Waals surface area contributed by atoms with E-state index in [1.165, 1.54) is 12.8 Å². The van der Waals surface area contributed by atoms with Gasteiger partial charge in [0, 0.05) is 37.8 Å².